The smallest absolute Gasteiger partial charge is 0.244 e. The number of rotatable bonds is 9. The maximum Gasteiger partial charge on any atom is 0.244 e. The molecular formula is C21H28ClN3O4. The number of amides is 1. The van der Waals surface area contributed by atoms with Crippen LogP contribution in [-0.2, 0) is 17.9 Å². The molecule has 1 amide bonds. The number of hydrogen-bond donors (Lipinski definition) is 1. The van der Waals surface area contributed by atoms with Crippen LogP contribution in [0.3, 0.4) is 0 Å². The third kappa shape index (κ3) is 5.67. The second-order valence-electron chi connectivity index (χ2n) is 6.93. The van der Waals surface area contributed by atoms with Crippen molar-refractivity contribution in [1.82, 2.24) is 15.1 Å². The minimum atomic E-state index is -0.267. The summed E-state index contributed by atoms with van der Waals surface area (Å²) < 4.78 is 17.8. The second-order valence-corrected chi connectivity index (χ2v) is 7.29. The summed E-state index contributed by atoms with van der Waals surface area (Å²) in [6.45, 7) is 7.01. The van der Waals surface area contributed by atoms with Crippen LogP contribution in [-0.4, -0.2) is 37.0 Å². The highest BCUT2D eigenvalue weighted by Crippen LogP contribution is 2.33. The van der Waals surface area contributed by atoms with Crippen LogP contribution < -0.4 is 19.5 Å². The van der Waals surface area contributed by atoms with Crippen molar-refractivity contribution in [1.29, 1.82) is 0 Å². The Morgan fingerprint density at radius 3 is 2.34 bits per heavy atom. The zero-order valence-electron chi connectivity index (χ0n) is 17.7. The first kappa shape index (κ1) is 22.6. The van der Waals surface area contributed by atoms with E-state index in [0.29, 0.717) is 28.3 Å². The average molecular weight is 422 g/mol. The maximum absolute atomic E-state index is 12.3. The molecule has 0 atom stereocenters. The van der Waals surface area contributed by atoms with E-state index in [1.54, 1.807) is 44.2 Å². The summed E-state index contributed by atoms with van der Waals surface area (Å²) in [5.41, 5.74) is 2.23. The lowest BCUT2D eigenvalue weighted by atomic mass is 10.1. The van der Waals surface area contributed by atoms with E-state index in [2.05, 4.69) is 24.3 Å². The van der Waals surface area contributed by atoms with Gasteiger partial charge in [-0.25, -0.2) is 0 Å². The van der Waals surface area contributed by atoms with Crippen LogP contribution in [0.25, 0.3) is 6.08 Å². The fourth-order valence-corrected chi connectivity index (χ4v) is 3.18. The number of aromatic nitrogens is 2. The lowest BCUT2D eigenvalue weighted by Crippen LogP contribution is -2.21. The topological polar surface area (TPSA) is 74.6 Å². The highest BCUT2D eigenvalue weighted by atomic mass is 35.5. The molecule has 0 fully saturated rings. The Morgan fingerprint density at radius 1 is 1.21 bits per heavy atom. The van der Waals surface area contributed by atoms with Gasteiger partial charge in [0.1, 0.15) is 22.4 Å². The molecule has 7 nitrogen and oxygen atoms in total. The van der Waals surface area contributed by atoms with Gasteiger partial charge in [0.05, 0.1) is 39.1 Å². The Hall–Kier alpha value is -2.67. The number of halogens is 1. The highest BCUT2D eigenvalue weighted by Gasteiger charge is 2.15. The average Bonchev–Trinajstić information content (AvgIpc) is 2.95. The number of benzene rings is 1. The molecule has 8 heteroatoms. The van der Waals surface area contributed by atoms with Gasteiger partial charge in [-0.2, -0.15) is 5.10 Å². The van der Waals surface area contributed by atoms with Crippen molar-refractivity contribution in [3.05, 3.63) is 40.2 Å². The van der Waals surface area contributed by atoms with Gasteiger partial charge in [-0.1, -0.05) is 25.4 Å². The van der Waals surface area contributed by atoms with Gasteiger partial charge in [0.2, 0.25) is 5.91 Å². The minimum absolute atomic E-state index is 0.235. The largest absolute Gasteiger partial charge is 0.496 e. The molecule has 0 radical (unpaired) electrons. The molecule has 0 aliphatic carbocycles. The van der Waals surface area contributed by atoms with Crippen LogP contribution in [0.2, 0.25) is 5.15 Å². The normalized spacial score (nSPS) is 11.2. The first-order valence-electron chi connectivity index (χ1n) is 9.28. The first-order valence-corrected chi connectivity index (χ1v) is 9.66. The summed E-state index contributed by atoms with van der Waals surface area (Å²) in [6, 6.07) is 3.48. The quantitative estimate of drug-likeness (QED) is 0.622. The molecule has 1 heterocycles. The summed E-state index contributed by atoms with van der Waals surface area (Å²) in [7, 11) is 4.68. The van der Waals surface area contributed by atoms with Crippen molar-refractivity contribution in [3.8, 4) is 17.2 Å². The fraction of sp³-hybridized carbons (Fsp3) is 0.429. The highest BCUT2D eigenvalue weighted by molar-refractivity contribution is 6.31. The standard InChI is InChI=1S/C21H28ClN3O4/c1-13(2)12-25-21(22)16(14(3)24-25)7-8-20(26)23-11-17-18(28-5)9-15(27-4)10-19(17)29-6/h7-10,13H,11-12H2,1-6H3,(H,23,26)/b8-7+. The van der Waals surface area contributed by atoms with Gasteiger partial charge in [-0.05, 0) is 18.9 Å². The molecule has 158 valence electrons. The van der Waals surface area contributed by atoms with Gasteiger partial charge in [-0.3, -0.25) is 9.48 Å². The van der Waals surface area contributed by atoms with Crippen LogP contribution in [0.4, 0.5) is 0 Å². The van der Waals surface area contributed by atoms with E-state index in [-0.39, 0.29) is 12.5 Å². The fourth-order valence-electron chi connectivity index (χ4n) is 2.87. The SMILES string of the molecule is COc1cc(OC)c(CNC(=O)/C=C/c2c(C)nn(CC(C)C)c2Cl)c(OC)c1. The molecule has 0 bridgehead atoms. The Kier molecular flexibility index (Phi) is 7.96. The van der Waals surface area contributed by atoms with Crippen molar-refractivity contribution >= 4 is 23.6 Å². The zero-order valence-corrected chi connectivity index (χ0v) is 18.5. The molecule has 0 unspecified atom stereocenters. The molecule has 0 aliphatic rings. The van der Waals surface area contributed by atoms with E-state index in [1.165, 1.54) is 6.08 Å². The Labute approximate surface area is 176 Å². The molecule has 2 rings (SSSR count). The summed E-state index contributed by atoms with van der Waals surface area (Å²) >= 11 is 6.41. The Morgan fingerprint density at radius 2 is 1.83 bits per heavy atom. The van der Waals surface area contributed by atoms with Crippen molar-refractivity contribution in [2.75, 3.05) is 21.3 Å². The molecule has 1 aromatic carbocycles. The van der Waals surface area contributed by atoms with Crippen molar-refractivity contribution in [2.24, 2.45) is 5.92 Å². The van der Waals surface area contributed by atoms with Gasteiger partial charge in [0.15, 0.2) is 0 Å². The predicted octanol–water partition coefficient (Wildman–Crippen LogP) is 3.86. The van der Waals surface area contributed by atoms with Crippen LogP contribution in [0.1, 0.15) is 30.7 Å². The lowest BCUT2D eigenvalue weighted by Gasteiger charge is -2.15. The number of nitrogens with zero attached hydrogens (tertiary/aromatic N) is 2. The van der Waals surface area contributed by atoms with Crippen molar-refractivity contribution in [2.45, 2.75) is 33.9 Å². The summed E-state index contributed by atoms with van der Waals surface area (Å²) in [4.78, 5) is 12.3. The van der Waals surface area contributed by atoms with E-state index < -0.39 is 0 Å². The zero-order chi connectivity index (χ0) is 21.6. The molecule has 0 spiro atoms. The number of hydrogen-bond acceptors (Lipinski definition) is 5. The third-order valence-corrected chi connectivity index (χ3v) is 4.70. The number of carbonyl (C=O) groups is 1. The van der Waals surface area contributed by atoms with Crippen LogP contribution in [0, 0.1) is 12.8 Å². The van der Waals surface area contributed by atoms with Crippen molar-refractivity contribution in [3.63, 3.8) is 0 Å². The number of methoxy groups -OCH3 is 3. The molecular weight excluding hydrogens is 394 g/mol. The Balaban J connectivity index is 2.12. The van der Waals surface area contributed by atoms with Crippen LogP contribution in [0.15, 0.2) is 18.2 Å². The van der Waals surface area contributed by atoms with Gasteiger partial charge in [-0.15, -0.1) is 0 Å². The predicted molar refractivity (Wildman–Crippen MR) is 114 cm³/mol. The lowest BCUT2D eigenvalue weighted by molar-refractivity contribution is -0.116. The van der Waals surface area contributed by atoms with E-state index in [4.69, 9.17) is 25.8 Å². The van der Waals surface area contributed by atoms with E-state index in [0.717, 1.165) is 23.4 Å². The van der Waals surface area contributed by atoms with E-state index >= 15 is 0 Å². The van der Waals surface area contributed by atoms with Crippen LogP contribution in [0.5, 0.6) is 17.2 Å². The monoisotopic (exact) mass is 421 g/mol. The molecule has 0 saturated carbocycles. The molecule has 1 aromatic heterocycles. The summed E-state index contributed by atoms with van der Waals surface area (Å²) in [5.74, 6) is 1.90. The van der Waals surface area contributed by atoms with Crippen LogP contribution >= 0.6 is 11.6 Å². The van der Waals surface area contributed by atoms with Gasteiger partial charge >= 0.3 is 0 Å². The number of carbonyl (C=O) groups excluding carboxylic acids is 1. The summed E-state index contributed by atoms with van der Waals surface area (Å²) in [6.07, 6.45) is 3.12. The molecule has 29 heavy (non-hydrogen) atoms. The van der Waals surface area contributed by atoms with Gasteiger partial charge in [0, 0.05) is 30.3 Å². The molecule has 0 saturated heterocycles. The number of nitrogens with one attached hydrogen (secondary N) is 1. The number of aryl methyl sites for hydroxylation is 1. The van der Waals surface area contributed by atoms with E-state index in [1.807, 2.05) is 6.92 Å². The third-order valence-electron chi connectivity index (χ3n) is 4.31. The minimum Gasteiger partial charge on any atom is -0.496 e. The van der Waals surface area contributed by atoms with Gasteiger partial charge < -0.3 is 19.5 Å². The second kappa shape index (κ2) is 10.2. The molecule has 0 aliphatic heterocycles. The summed E-state index contributed by atoms with van der Waals surface area (Å²) in [5, 5.41) is 7.80. The van der Waals surface area contributed by atoms with Crippen molar-refractivity contribution < 1.29 is 19.0 Å². The Bertz CT molecular complexity index is 865. The first-order chi connectivity index (χ1) is 13.8. The maximum atomic E-state index is 12.3. The van der Waals surface area contributed by atoms with Gasteiger partial charge in [0.25, 0.3) is 0 Å². The van der Waals surface area contributed by atoms with E-state index in [9.17, 15) is 4.79 Å². The molecule has 1 N–H and O–H groups in total. The number of ether oxygens (including phenoxy) is 3. The molecule has 2 aromatic rings.